The molecular weight excluding hydrogens is 188 g/mol. The van der Waals surface area contributed by atoms with E-state index in [1.165, 1.54) is 0 Å². The molecule has 0 atom stereocenters. The topological polar surface area (TPSA) is 37.5 Å². The van der Waals surface area contributed by atoms with Crippen LogP contribution in [-0.2, 0) is 0 Å². The zero-order valence-corrected chi connectivity index (χ0v) is 8.47. The third-order valence-corrected chi connectivity index (χ3v) is 2.00. The molecule has 2 aromatic rings. The second kappa shape index (κ2) is 4.46. The summed E-state index contributed by atoms with van der Waals surface area (Å²) in [4.78, 5) is 0. The molecule has 1 N–H and O–H groups in total. The molecule has 0 spiro atoms. The van der Waals surface area contributed by atoms with Gasteiger partial charge in [-0.05, 0) is 31.2 Å². The molecule has 0 aliphatic rings. The zero-order valence-electron chi connectivity index (χ0n) is 8.47. The minimum absolute atomic E-state index is 0.776. The lowest BCUT2D eigenvalue weighted by Crippen LogP contribution is -1.97. The monoisotopic (exact) mass is 200 g/mol. The van der Waals surface area contributed by atoms with Gasteiger partial charge in [-0.1, -0.05) is 18.2 Å². The number of anilines is 1. The molecule has 1 aromatic heterocycles. The van der Waals surface area contributed by atoms with Gasteiger partial charge in [-0.15, -0.1) is 0 Å². The maximum atomic E-state index is 5.21. The number of furan rings is 1. The van der Waals surface area contributed by atoms with Gasteiger partial charge < -0.3 is 4.42 Å². The summed E-state index contributed by atoms with van der Waals surface area (Å²) in [5.41, 5.74) is 4.75. The lowest BCUT2D eigenvalue weighted by Gasteiger charge is -2.00. The van der Waals surface area contributed by atoms with Crippen molar-refractivity contribution in [3.05, 3.63) is 54.5 Å². The molecule has 0 aliphatic heterocycles. The average molecular weight is 200 g/mol. The summed E-state index contributed by atoms with van der Waals surface area (Å²) in [6, 6.07) is 13.5. The van der Waals surface area contributed by atoms with E-state index < -0.39 is 0 Å². The van der Waals surface area contributed by atoms with E-state index in [0.717, 1.165) is 17.2 Å². The summed E-state index contributed by atoms with van der Waals surface area (Å²) in [7, 11) is 0. The van der Waals surface area contributed by atoms with Gasteiger partial charge in [-0.2, -0.15) is 5.10 Å². The number of nitrogens with zero attached hydrogens (tertiary/aromatic N) is 1. The molecular formula is C12H12N2O. The Morgan fingerprint density at radius 3 is 2.60 bits per heavy atom. The SMILES string of the molecule is CC(=NNc1ccccc1)c1ccco1. The molecule has 1 aromatic carbocycles. The van der Waals surface area contributed by atoms with Gasteiger partial charge in [0.25, 0.3) is 0 Å². The smallest absolute Gasteiger partial charge is 0.149 e. The van der Waals surface area contributed by atoms with Gasteiger partial charge in [0, 0.05) is 0 Å². The molecule has 0 saturated heterocycles. The molecule has 0 amide bonds. The summed E-state index contributed by atoms with van der Waals surface area (Å²) in [6.45, 7) is 1.90. The van der Waals surface area contributed by atoms with Gasteiger partial charge >= 0.3 is 0 Å². The lowest BCUT2D eigenvalue weighted by molar-refractivity contribution is 0.557. The van der Waals surface area contributed by atoms with Gasteiger partial charge in [0.2, 0.25) is 0 Å². The van der Waals surface area contributed by atoms with Crippen LogP contribution in [0.1, 0.15) is 12.7 Å². The highest BCUT2D eigenvalue weighted by atomic mass is 16.3. The fraction of sp³-hybridized carbons (Fsp3) is 0.0833. The largest absolute Gasteiger partial charge is 0.463 e. The number of hydrogen-bond donors (Lipinski definition) is 1. The van der Waals surface area contributed by atoms with Crippen molar-refractivity contribution in [3.8, 4) is 0 Å². The molecule has 3 nitrogen and oxygen atoms in total. The Morgan fingerprint density at radius 2 is 1.93 bits per heavy atom. The van der Waals surface area contributed by atoms with Gasteiger partial charge in [0.15, 0.2) is 0 Å². The van der Waals surface area contributed by atoms with Crippen molar-refractivity contribution in [2.75, 3.05) is 5.43 Å². The fourth-order valence-corrected chi connectivity index (χ4v) is 1.20. The Bertz CT molecular complexity index is 432. The Balaban J connectivity index is 2.06. The van der Waals surface area contributed by atoms with E-state index in [1.54, 1.807) is 6.26 Å². The summed E-state index contributed by atoms with van der Waals surface area (Å²) < 4.78 is 5.21. The molecule has 76 valence electrons. The van der Waals surface area contributed by atoms with Crippen LogP contribution >= 0.6 is 0 Å². The van der Waals surface area contributed by atoms with Crippen LogP contribution < -0.4 is 5.43 Å². The molecule has 0 fully saturated rings. The first-order valence-electron chi connectivity index (χ1n) is 4.75. The zero-order chi connectivity index (χ0) is 10.5. The third-order valence-electron chi connectivity index (χ3n) is 2.00. The molecule has 1 heterocycles. The van der Waals surface area contributed by atoms with E-state index in [0.29, 0.717) is 0 Å². The number of para-hydroxylation sites is 1. The first-order valence-corrected chi connectivity index (χ1v) is 4.75. The minimum atomic E-state index is 0.776. The summed E-state index contributed by atoms with van der Waals surface area (Å²) >= 11 is 0. The Labute approximate surface area is 88.4 Å². The van der Waals surface area contributed by atoms with E-state index in [2.05, 4.69) is 10.5 Å². The normalized spacial score (nSPS) is 11.4. The average Bonchev–Trinajstić information content (AvgIpc) is 2.81. The lowest BCUT2D eigenvalue weighted by atomic mass is 10.3. The molecule has 0 saturated carbocycles. The van der Waals surface area contributed by atoms with Crippen LogP contribution in [0, 0.1) is 0 Å². The van der Waals surface area contributed by atoms with E-state index in [1.807, 2.05) is 49.4 Å². The van der Waals surface area contributed by atoms with Crippen LogP contribution in [0.2, 0.25) is 0 Å². The maximum Gasteiger partial charge on any atom is 0.149 e. The van der Waals surface area contributed by atoms with Gasteiger partial charge in [0.05, 0.1) is 12.0 Å². The minimum Gasteiger partial charge on any atom is -0.463 e. The van der Waals surface area contributed by atoms with Crippen molar-refractivity contribution >= 4 is 11.4 Å². The van der Waals surface area contributed by atoms with Crippen LogP contribution in [0.15, 0.2) is 58.2 Å². The molecule has 0 unspecified atom stereocenters. The number of hydrogen-bond acceptors (Lipinski definition) is 3. The molecule has 15 heavy (non-hydrogen) atoms. The fourth-order valence-electron chi connectivity index (χ4n) is 1.20. The molecule has 3 heteroatoms. The molecule has 0 radical (unpaired) electrons. The maximum absolute atomic E-state index is 5.21. The third kappa shape index (κ3) is 2.47. The van der Waals surface area contributed by atoms with Crippen molar-refractivity contribution in [3.63, 3.8) is 0 Å². The first kappa shape index (κ1) is 9.52. The first-order chi connectivity index (χ1) is 7.36. The van der Waals surface area contributed by atoms with E-state index in [4.69, 9.17) is 4.42 Å². The second-order valence-electron chi connectivity index (χ2n) is 3.15. The highest BCUT2D eigenvalue weighted by molar-refractivity contribution is 5.96. The van der Waals surface area contributed by atoms with Crippen LogP contribution in [-0.4, -0.2) is 5.71 Å². The highest BCUT2D eigenvalue weighted by Gasteiger charge is 1.98. The standard InChI is InChI=1S/C12H12N2O/c1-10(12-8-5-9-15-12)13-14-11-6-3-2-4-7-11/h2-9,14H,1H3. The van der Waals surface area contributed by atoms with Crippen LogP contribution in [0.5, 0.6) is 0 Å². The van der Waals surface area contributed by atoms with Crippen molar-refractivity contribution in [1.82, 2.24) is 0 Å². The molecule has 0 aliphatic carbocycles. The van der Waals surface area contributed by atoms with E-state index >= 15 is 0 Å². The Morgan fingerprint density at radius 1 is 1.13 bits per heavy atom. The predicted octanol–water partition coefficient (Wildman–Crippen LogP) is 3.12. The highest BCUT2D eigenvalue weighted by Crippen LogP contribution is 2.06. The van der Waals surface area contributed by atoms with Gasteiger partial charge in [-0.3, -0.25) is 5.43 Å². The van der Waals surface area contributed by atoms with Crippen molar-refractivity contribution in [2.24, 2.45) is 5.10 Å². The summed E-state index contributed by atoms with van der Waals surface area (Å²) in [5.74, 6) is 0.776. The predicted molar refractivity (Wildman–Crippen MR) is 61.0 cm³/mol. The quantitative estimate of drug-likeness (QED) is 0.610. The van der Waals surface area contributed by atoms with Crippen LogP contribution in [0.3, 0.4) is 0 Å². The number of rotatable bonds is 3. The number of hydrazone groups is 1. The summed E-state index contributed by atoms with van der Waals surface area (Å²) in [6.07, 6.45) is 1.64. The Kier molecular flexibility index (Phi) is 2.83. The molecule has 0 bridgehead atoms. The number of benzene rings is 1. The van der Waals surface area contributed by atoms with Crippen molar-refractivity contribution in [1.29, 1.82) is 0 Å². The second-order valence-corrected chi connectivity index (χ2v) is 3.15. The Hall–Kier alpha value is -2.03. The molecule has 2 rings (SSSR count). The van der Waals surface area contributed by atoms with Crippen LogP contribution in [0.4, 0.5) is 5.69 Å². The van der Waals surface area contributed by atoms with Gasteiger partial charge in [0.1, 0.15) is 11.5 Å². The van der Waals surface area contributed by atoms with Gasteiger partial charge in [-0.25, -0.2) is 0 Å². The van der Waals surface area contributed by atoms with Crippen molar-refractivity contribution < 1.29 is 4.42 Å². The van der Waals surface area contributed by atoms with Crippen molar-refractivity contribution in [2.45, 2.75) is 6.92 Å². The summed E-state index contributed by atoms with van der Waals surface area (Å²) in [5, 5.41) is 4.21. The van der Waals surface area contributed by atoms with E-state index in [9.17, 15) is 0 Å². The number of nitrogens with one attached hydrogen (secondary N) is 1. The van der Waals surface area contributed by atoms with Crippen LogP contribution in [0.25, 0.3) is 0 Å². The van der Waals surface area contributed by atoms with E-state index in [-0.39, 0.29) is 0 Å².